The number of amides is 2. The molecule has 2 aliphatic rings. The second kappa shape index (κ2) is 10.8. The van der Waals surface area contributed by atoms with E-state index in [1.807, 2.05) is 30.3 Å². The molecule has 2 amide bonds. The van der Waals surface area contributed by atoms with Gasteiger partial charge in [0, 0.05) is 23.9 Å². The van der Waals surface area contributed by atoms with E-state index >= 15 is 0 Å². The number of likely N-dealkylation sites (tertiary alicyclic amines) is 1. The van der Waals surface area contributed by atoms with Crippen LogP contribution in [-0.4, -0.2) is 56.6 Å². The van der Waals surface area contributed by atoms with Crippen LogP contribution in [0.1, 0.15) is 41.6 Å². The first-order valence-corrected chi connectivity index (χ1v) is 12.4. The van der Waals surface area contributed by atoms with Crippen molar-refractivity contribution in [2.24, 2.45) is 10.7 Å². The Morgan fingerprint density at radius 3 is 2.62 bits per heavy atom. The van der Waals surface area contributed by atoms with Gasteiger partial charge >= 0.3 is 0 Å². The fourth-order valence-electron chi connectivity index (χ4n) is 4.25. The van der Waals surface area contributed by atoms with E-state index < -0.39 is 24.0 Å². The molecule has 0 saturated carbocycles. The van der Waals surface area contributed by atoms with Crippen LogP contribution in [0, 0.1) is 0 Å². The first kappa shape index (κ1) is 24.5. The lowest BCUT2D eigenvalue weighted by Crippen LogP contribution is -2.50. The summed E-state index contributed by atoms with van der Waals surface area (Å²) in [5, 5.41) is 24.5. The number of rotatable bonds is 7. The Labute approximate surface area is 207 Å². The zero-order valence-corrected chi connectivity index (χ0v) is 20.0. The summed E-state index contributed by atoms with van der Waals surface area (Å²) >= 11 is 7.60. The molecule has 2 aromatic rings. The highest BCUT2D eigenvalue weighted by Gasteiger charge is 2.38. The third-order valence-corrected chi connectivity index (χ3v) is 7.21. The maximum absolute atomic E-state index is 12.9. The van der Waals surface area contributed by atoms with Crippen molar-refractivity contribution in [2.75, 3.05) is 12.3 Å². The van der Waals surface area contributed by atoms with Gasteiger partial charge in [0.2, 0.25) is 0 Å². The number of aliphatic imine (C=N–C) groups is 1. The second-order valence-corrected chi connectivity index (χ2v) is 9.86. The lowest BCUT2D eigenvalue weighted by atomic mass is 10.0. The van der Waals surface area contributed by atoms with Crippen molar-refractivity contribution in [1.29, 1.82) is 0 Å². The third kappa shape index (κ3) is 5.55. The Morgan fingerprint density at radius 1 is 1.18 bits per heavy atom. The predicted octanol–water partition coefficient (Wildman–Crippen LogP) is 2.14. The van der Waals surface area contributed by atoms with Crippen LogP contribution < -0.4 is 11.1 Å². The van der Waals surface area contributed by atoms with E-state index in [-0.39, 0.29) is 18.6 Å². The van der Waals surface area contributed by atoms with Crippen LogP contribution in [0.25, 0.3) is 0 Å². The van der Waals surface area contributed by atoms with Gasteiger partial charge in [-0.1, -0.05) is 59.8 Å². The fraction of sp³-hybridized carbons (Fsp3) is 0.375. The first-order chi connectivity index (χ1) is 16.3. The number of hydrogen-bond donors (Lipinski definition) is 4. The molecule has 10 heteroatoms. The number of halogens is 1. The van der Waals surface area contributed by atoms with Gasteiger partial charge in [-0.3, -0.25) is 14.6 Å². The van der Waals surface area contributed by atoms with Gasteiger partial charge in [-0.25, -0.2) is 0 Å². The maximum Gasteiger partial charge on any atom is 0.255 e. The number of carbonyl (C=O) groups is 2. The van der Waals surface area contributed by atoms with Gasteiger partial charge in [0.15, 0.2) is 17.4 Å². The minimum atomic E-state index is -1.87. The molecule has 0 bridgehead atoms. The molecule has 2 aromatic carbocycles. The summed E-state index contributed by atoms with van der Waals surface area (Å²) in [6.45, 7) is 0.583. The van der Waals surface area contributed by atoms with Gasteiger partial charge in [-0.05, 0) is 41.7 Å². The minimum absolute atomic E-state index is 0.0259. The molecule has 4 atom stereocenters. The lowest BCUT2D eigenvalue weighted by molar-refractivity contribution is -0.153. The van der Waals surface area contributed by atoms with Crippen LogP contribution in [0.15, 0.2) is 53.5 Å². The summed E-state index contributed by atoms with van der Waals surface area (Å²) in [5.41, 5.74) is 8.42. The zero-order chi connectivity index (χ0) is 24.2. The number of thioether (sulfide) groups is 1. The lowest BCUT2D eigenvalue weighted by Gasteiger charge is -2.28. The van der Waals surface area contributed by atoms with Gasteiger partial charge in [0.25, 0.3) is 11.8 Å². The number of aliphatic hydroxyl groups is 2. The molecule has 1 fully saturated rings. The minimum Gasteiger partial charge on any atom is -0.380 e. The van der Waals surface area contributed by atoms with Gasteiger partial charge in [0.05, 0.1) is 12.1 Å². The second-order valence-electron chi connectivity index (χ2n) is 8.39. The highest BCUT2D eigenvalue weighted by Crippen LogP contribution is 2.33. The van der Waals surface area contributed by atoms with Crippen LogP contribution in [0.4, 0.5) is 0 Å². The average Bonchev–Trinajstić information content (AvgIpc) is 3.51. The van der Waals surface area contributed by atoms with Crippen LogP contribution in [-0.2, 0) is 16.1 Å². The summed E-state index contributed by atoms with van der Waals surface area (Å²) in [6.07, 6.45) is -2.26. The molecular weight excluding hydrogens is 476 g/mol. The Balaban J connectivity index is 1.32. The number of nitrogens with two attached hydrogens (primary N) is 1. The van der Waals surface area contributed by atoms with Crippen molar-refractivity contribution in [3.8, 4) is 0 Å². The van der Waals surface area contributed by atoms with E-state index in [4.69, 9.17) is 17.3 Å². The van der Waals surface area contributed by atoms with Crippen molar-refractivity contribution in [3.05, 3.63) is 70.2 Å². The number of carbonyl (C=O) groups excluding carboxylic acids is 2. The maximum atomic E-state index is 12.9. The molecule has 1 saturated heterocycles. The summed E-state index contributed by atoms with van der Waals surface area (Å²) in [4.78, 5) is 31.2. The molecule has 34 heavy (non-hydrogen) atoms. The normalized spacial score (nSPS) is 21.7. The first-order valence-electron chi connectivity index (χ1n) is 11.1. The smallest absolute Gasteiger partial charge is 0.255 e. The van der Waals surface area contributed by atoms with Gasteiger partial charge in [-0.2, -0.15) is 0 Å². The highest BCUT2D eigenvalue weighted by molar-refractivity contribution is 8.14. The largest absolute Gasteiger partial charge is 0.380 e. The molecule has 8 nitrogen and oxygen atoms in total. The van der Waals surface area contributed by atoms with E-state index in [1.54, 1.807) is 18.2 Å². The van der Waals surface area contributed by atoms with E-state index in [2.05, 4.69) is 10.3 Å². The predicted molar refractivity (Wildman–Crippen MR) is 132 cm³/mol. The topological polar surface area (TPSA) is 128 Å². The summed E-state index contributed by atoms with van der Waals surface area (Å²) < 4.78 is 0. The van der Waals surface area contributed by atoms with Crippen LogP contribution >= 0.6 is 23.4 Å². The Bertz CT molecular complexity index is 1080. The van der Waals surface area contributed by atoms with Crippen molar-refractivity contribution < 1.29 is 19.8 Å². The van der Waals surface area contributed by atoms with Crippen molar-refractivity contribution in [3.63, 3.8) is 0 Å². The fourth-order valence-corrected chi connectivity index (χ4v) is 5.25. The Hall–Kier alpha value is -2.59. The van der Waals surface area contributed by atoms with Gasteiger partial charge in [-0.15, -0.1) is 0 Å². The summed E-state index contributed by atoms with van der Waals surface area (Å²) in [6, 6.07) is 14.5. The van der Waals surface area contributed by atoms with Crippen molar-refractivity contribution in [1.82, 2.24) is 10.2 Å². The third-order valence-electron chi connectivity index (χ3n) is 6.09. The number of nitrogens with zero attached hydrogens (tertiary/aromatic N) is 2. The molecule has 2 heterocycles. The number of aliphatic hydroxyl groups excluding tert-OH is 2. The molecule has 2 aliphatic heterocycles. The van der Waals surface area contributed by atoms with Crippen LogP contribution in [0.5, 0.6) is 0 Å². The SMILES string of the molecule is NC1=NC(c2ccc(CNC(=O)[C@H](O)[C@@H](O)C(=O)N3CCCC3c3cccc(Cl)c3)cc2)CS1. The molecule has 0 aromatic heterocycles. The monoisotopic (exact) mass is 502 g/mol. The molecular formula is C24H27ClN4O4S. The van der Waals surface area contributed by atoms with Crippen LogP contribution in [0.3, 0.4) is 0 Å². The van der Waals surface area contributed by atoms with Gasteiger partial charge in [0.1, 0.15) is 0 Å². The van der Waals surface area contributed by atoms with Crippen molar-refractivity contribution >= 4 is 40.3 Å². The molecule has 5 N–H and O–H groups in total. The van der Waals surface area contributed by atoms with E-state index in [9.17, 15) is 19.8 Å². The Kier molecular flexibility index (Phi) is 7.77. The summed E-state index contributed by atoms with van der Waals surface area (Å²) in [5.74, 6) is -0.688. The zero-order valence-electron chi connectivity index (χ0n) is 18.4. The van der Waals surface area contributed by atoms with Crippen molar-refractivity contribution in [2.45, 2.75) is 43.7 Å². The van der Waals surface area contributed by atoms with E-state index in [0.717, 1.165) is 28.9 Å². The van der Waals surface area contributed by atoms with E-state index in [1.165, 1.54) is 16.7 Å². The molecule has 180 valence electrons. The number of hydrogen-bond acceptors (Lipinski definition) is 7. The quantitative estimate of drug-likeness (QED) is 0.459. The standard InChI is InChI=1S/C24H27ClN4O4S/c25-17-4-1-3-16(11-17)19-5-2-10-29(19)23(33)21(31)20(30)22(32)27-12-14-6-8-15(9-7-14)18-13-34-24(26)28-18/h1,3-4,6-9,11,18-21,30-31H,2,5,10,12-13H2,(H2,26,28)(H,27,32)/t18?,19?,20-,21-/m1/s1. The average molecular weight is 503 g/mol. The number of nitrogens with one attached hydrogen (secondary N) is 1. The van der Waals surface area contributed by atoms with Crippen LogP contribution in [0.2, 0.25) is 5.02 Å². The Morgan fingerprint density at radius 2 is 1.94 bits per heavy atom. The molecule has 0 radical (unpaired) electrons. The molecule has 0 spiro atoms. The number of benzene rings is 2. The molecule has 2 unspecified atom stereocenters. The van der Waals surface area contributed by atoms with E-state index in [0.29, 0.717) is 23.2 Å². The molecule has 4 rings (SSSR count). The summed E-state index contributed by atoms with van der Waals surface area (Å²) in [7, 11) is 0. The highest BCUT2D eigenvalue weighted by atomic mass is 35.5. The molecule has 0 aliphatic carbocycles. The van der Waals surface area contributed by atoms with Gasteiger partial charge < -0.3 is 26.2 Å². The number of amidine groups is 1.